The van der Waals surface area contributed by atoms with Crippen LogP contribution < -0.4 is 10.6 Å². The summed E-state index contributed by atoms with van der Waals surface area (Å²) in [5.41, 5.74) is -4.40. The molecular weight excluding hydrogens is 682 g/mol. The molecule has 4 N–H and O–H groups in total. The zero-order valence-electron chi connectivity index (χ0n) is 23.8. The monoisotopic (exact) mass is 700 g/mol. The number of nitro benzene ring substituents is 2. The molecule has 48 heavy (non-hydrogen) atoms. The molecule has 0 unspecified atom stereocenters. The predicted molar refractivity (Wildman–Crippen MR) is 158 cm³/mol. The van der Waals surface area contributed by atoms with Gasteiger partial charge in [-0.3, -0.25) is 29.8 Å². The smallest absolute Gasteiger partial charge is 0.416 e. The van der Waals surface area contributed by atoms with Gasteiger partial charge >= 0.3 is 17.6 Å². The lowest BCUT2D eigenvalue weighted by Gasteiger charge is -2.13. The molecule has 4 rings (SSSR count). The van der Waals surface area contributed by atoms with E-state index < -0.39 is 79.3 Å². The van der Waals surface area contributed by atoms with Crippen molar-refractivity contribution in [3.63, 3.8) is 0 Å². The summed E-state index contributed by atoms with van der Waals surface area (Å²) in [7, 11) is 0. The maximum Gasteiger partial charge on any atom is 0.416 e. The second-order valence-electron chi connectivity index (χ2n) is 9.58. The number of nitrogens with zero attached hydrogens (tertiary/aromatic N) is 2. The van der Waals surface area contributed by atoms with Crippen LogP contribution in [0.2, 0.25) is 5.02 Å². The lowest BCUT2D eigenvalue weighted by Crippen LogP contribution is -2.14. The molecule has 0 aromatic heterocycles. The summed E-state index contributed by atoms with van der Waals surface area (Å²) in [6.07, 6.45) is -4.82. The second-order valence-corrected chi connectivity index (χ2v) is 9.99. The van der Waals surface area contributed by atoms with E-state index in [0.717, 1.165) is 36.4 Å². The summed E-state index contributed by atoms with van der Waals surface area (Å²) in [4.78, 5) is 43.8. The van der Waals surface area contributed by atoms with Crippen molar-refractivity contribution in [2.45, 2.75) is 19.0 Å². The molecule has 0 aliphatic carbocycles. The van der Waals surface area contributed by atoms with Gasteiger partial charge in [0.05, 0.1) is 37.2 Å². The summed E-state index contributed by atoms with van der Waals surface area (Å²) >= 11 is 5.87. The average Bonchev–Trinajstić information content (AvgIpc) is 2.97. The van der Waals surface area contributed by atoms with Crippen LogP contribution in [0.1, 0.15) is 38.8 Å². The maximum atomic E-state index is 13.3. The fourth-order valence-corrected chi connectivity index (χ4v) is 4.05. The van der Waals surface area contributed by atoms with Crippen molar-refractivity contribution >= 4 is 46.2 Å². The van der Waals surface area contributed by atoms with Crippen LogP contribution in [0.4, 0.5) is 49.1 Å². The van der Waals surface area contributed by atoms with E-state index in [2.05, 4.69) is 5.32 Å². The van der Waals surface area contributed by atoms with Gasteiger partial charge in [0.1, 0.15) is 5.82 Å². The second kappa shape index (κ2) is 14.2. The first-order valence-electron chi connectivity index (χ1n) is 12.8. The number of anilines is 2. The molecule has 12 nitrogen and oxygen atoms in total. The average molecular weight is 701 g/mol. The molecule has 252 valence electrons. The number of alkyl halides is 5. The first-order valence-corrected chi connectivity index (χ1v) is 13.2. The van der Waals surface area contributed by atoms with Crippen LogP contribution in [0.15, 0.2) is 72.8 Å². The Bertz CT molecular complexity index is 1920. The number of carbonyl (C=O) groups excluding carboxylic acids is 2. The summed E-state index contributed by atoms with van der Waals surface area (Å²) < 4.78 is 77.6. The van der Waals surface area contributed by atoms with Crippen LogP contribution in [-0.4, -0.2) is 31.9 Å². The molecule has 0 heterocycles. The highest BCUT2D eigenvalue weighted by Crippen LogP contribution is 2.35. The van der Waals surface area contributed by atoms with E-state index in [0.29, 0.717) is 19.1 Å². The minimum Gasteiger partial charge on any atom is -0.502 e. The van der Waals surface area contributed by atoms with Gasteiger partial charge in [0, 0.05) is 30.3 Å². The highest BCUT2D eigenvalue weighted by atomic mass is 35.5. The predicted octanol–water partition coefficient (Wildman–Crippen LogP) is 8.03. The van der Waals surface area contributed by atoms with Gasteiger partial charge in [0.15, 0.2) is 0 Å². The van der Waals surface area contributed by atoms with E-state index in [1.807, 2.05) is 5.32 Å². The molecule has 0 bridgehead atoms. The number of aromatic hydroxyl groups is 2. The molecule has 19 heteroatoms. The molecule has 0 atom stereocenters. The van der Waals surface area contributed by atoms with Gasteiger partial charge in [0.25, 0.3) is 17.7 Å². The van der Waals surface area contributed by atoms with Crippen molar-refractivity contribution in [2.24, 2.45) is 0 Å². The summed E-state index contributed by atoms with van der Waals surface area (Å²) in [5.74, 6) is -8.07. The third-order valence-electron chi connectivity index (χ3n) is 6.12. The molecule has 0 radical (unpaired) electrons. The third kappa shape index (κ3) is 8.87. The van der Waals surface area contributed by atoms with Crippen LogP contribution >= 0.6 is 11.6 Å². The number of hydrogen-bond donors (Lipinski definition) is 4. The van der Waals surface area contributed by atoms with Gasteiger partial charge < -0.3 is 20.8 Å². The van der Waals surface area contributed by atoms with Gasteiger partial charge in [-0.15, -0.1) is 0 Å². The van der Waals surface area contributed by atoms with Crippen LogP contribution in [0.3, 0.4) is 0 Å². The van der Waals surface area contributed by atoms with Crippen molar-refractivity contribution in [3.05, 3.63) is 126 Å². The van der Waals surface area contributed by atoms with Gasteiger partial charge in [-0.05, 0) is 42.5 Å². The summed E-state index contributed by atoms with van der Waals surface area (Å²) in [6, 6.07) is 11.2. The molecule has 0 saturated heterocycles. The van der Waals surface area contributed by atoms with Crippen molar-refractivity contribution < 1.29 is 56.0 Å². The van der Waals surface area contributed by atoms with E-state index in [-0.39, 0.29) is 27.9 Å². The quantitative estimate of drug-likeness (QED) is 0.0848. The van der Waals surface area contributed by atoms with Gasteiger partial charge in [-0.2, -0.15) is 13.2 Å². The number of amides is 2. The van der Waals surface area contributed by atoms with Crippen LogP contribution in [0.25, 0.3) is 0 Å². The number of nitrogens with one attached hydrogen (secondary N) is 2. The third-order valence-corrected chi connectivity index (χ3v) is 6.43. The minimum absolute atomic E-state index is 0.0283. The Labute approximate surface area is 269 Å². The van der Waals surface area contributed by atoms with Crippen molar-refractivity contribution in [3.8, 4) is 11.5 Å². The van der Waals surface area contributed by atoms with Gasteiger partial charge in [0.2, 0.25) is 11.5 Å². The largest absolute Gasteiger partial charge is 0.502 e. The Kier molecular flexibility index (Phi) is 10.8. The Morgan fingerprint density at radius 2 is 1.25 bits per heavy atom. The van der Waals surface area contributed by atoms with Crippen molar-refractivity contribution in [1.82, 2.24) is 0 Å². The number of phenols is 2. The standard InChI is InChI=1S/C15H11ClF2N2O4.C14H8F4N2O4/c1-15(17,18)8-5-6-11(10(16)7-8)19-14(22)9-3-2-4-12(13(9)21)20(23)24;15-8-4-7(14(16,17)18)5-9(6-8)19-13(22)10-2-1-3-11(12(10)21)20(23)24/h2-7,21H,1H3,(H,19,22);1-6,21H,(H,19,22). The Morgan fingerprint density at radius 1 is 0.750 bits per heavy atom. The Morgan fingerprint density at radius 3 is 1.69 bits per heavy atom. The number of halogens is 7. The zero-order valence-corrected chi connectivity index (χ0v) is 24.6. The number of para-hydroxylation sites is 2. The molecule has 4 aromatic carbocycles. The number of carbonyl (C=O) groups is 2. The van der Waals surface area contributed by atoms with Crippen molar-refractivity contribution in [2.75, 3.05) is 10.6 Å². The fourth-order valence-electron chi connectivity index (χ4n) is 3.83. The molecule has 0 saturated carbocycles. The number of benzene rings is 4. The number of rotatable bonds is 7. The Hall–Kier alpha value is -5.91. The van der Waals surface area contributed by atoms with Gasteiger partial charge in [-0.25, -0.2) is 13.2 Å². The number of phenolic OH excluding ortho intramolecular Hbond substituents is 2. The fraction of sp³-hybridized carbons (Fsp3) is 0.103. The molecule has 4 aromatic rings. The number of nitro groups is 2. The van der Waals surface area contributed by atoms with Crippen LogP contribution in [-0.2, 0) is 12.1 Å². The maximum absolute atomic E-state index is 13.3. The first-order chi connectivity index (χ1) is 22.2. The minimum atomic E-state index is -4.82. The van der Waals surface area contributed by atoms with E-state index >= 15 is 0 Å². The molecule has 2 amide bonds. The number of hydrogen-bond acceptors (Lipinski definition) is 8. The highest BCUT2D eigenvalue weighted by Gasteiger charge is 2.32. The van der Waals surface area contributed by atoms with Crippen LogP contribution in [0.5, 0.6) is 11.5 Å². The molecule has 0 spiro atoms. The molecule has 0 aliphatic heterocycles. The highest BCUT2D eigenvalue weighted by molar-refractivity contribution is 6.34. The van der Waals surface area contributed by atoms with Crippen LogP contribution in [0, 0.1) is 26.0 Å². The van der Waals surface area contributed by atoms with E-state index in [1.54, 1.807) is 0 Å². The van der Waals surface area contributed by atoms with Crippen molar-refractivity contribution in [1.29, 1.82) is 0 Å². The summed E-state index contributed by atoms with van der Waals surface area (Å²) in [5, 5.41) is 45.1. The molecule has 0 aliphatic rings. The SMILES string of the molecule is CC(F)(F)c1ccc(NC(=O)c2cccc([N+](=O)[O-])c2O)c(Cl)c1.O=C(Nc1cc(F)cc(C(F)(F)F)c1)c1cccc([N+](=O)[O-])c1O. The summed E-state index contributed by atoms with van der Waals surface area (Å²) in [6.45, 7) is 0.706. The lowest BCUT2D eigenvalue weighted by atomic mass is 10.1. The van der Waals surface area contributed by atoms with E-state index in [4.69, 9.17) is 11.6 Å². The normalized spacial score (nSPS) is 11.2. The van der Waals surface area contributed by atoms with E-state index in [1.165, 1.54) is 18.2 Å². The topological polar surface area (TPSA) is 185 Å². The Balaban J connectivity index is 0.000000260. The molecular formula is C29H19ClF6N4O8. The molecule has 0 fully saturated rings. The lowest BCUT2D eigenvalue weighted by molar-refractivity contribution is -0.386. The van der Waals surface area contributed by atoms with Gasteiger partial charge in [-0.1, -0.05) is 29.8 Å². The van der Waals surface area contributed by atoms with E-state index in [9.17, 15) is 66.4 Å². The first kappa shape index (κ1) is 36.6. The zero-order chi connectivity index (χ0) is 36.1.